The Bertz CT molecular complexity index is 433. The van der Waals surface area contributed by atoms with Gasteiger partial charge in [0.2, 0.25) is 0 Å². The van der Waals surface area contributed by atoms with Gasteiger partial charge in [0.15, 0.2) is 5.75 Å². The van der Waals surface area contributed by atoms with Gasteiger partial charge in [-0.1, -0.05) is 0 Å². The Hall–Kier alpha value is -1.08. The minimum atomic E-state index is -3.95. The zero-order valence-electron chi connectivity index (χ0n) is 7.39. The summed E-state index contributed by atoms with van der Waals surface area (Å²) >= 11 is 0. The molecule has 1 aromatic heterocycles. The van der Waals surface area contributed by atoms with Crippen molar-refractivity contribution in [2.75, 3.05) is 14.2 Å². The van der Waals surface area contributed by atoms with Crippen molar-refractivity contribution in [3.05, 3.63) is 6.20 Å². The van der Waals surface area contributed by atoms with Gasteiger partial charge in [-0.25, -0.2) is 13.4 Å². The third-order valence-corrected chi connectivity index (χ3v) is 2.38. The smallest absolute Gasteiger partial charge is 0.296 e. The SMILES string of the molecule is COc1cnc(S(=O)(=O)Cl)nc1OC. The summed E-state index contributed by atoms with van der Waals surface area (Å²) in [6.07, 6.45) is 1.17. The molecule has 0 aliphatic carbocycles. The van der Waals surface area contributed by atoms with Crippen molar-refractivity contribution in [2.45, 2.75) is 5.16 Å². The lowest BCUT2D eigenvalue weighted by molar-refractivity contribution is 0.336. The zero-order valence-corrected chi connectivity index (χ0v) is 8.96. The molecular weight excluding hydrogens is 232 g/mol. The molecule has 0 saturated carbocycles. The van der Waals surface area contributed by atoms with Crippen LogP contribution in [0.3, 0.4) is 0 Å². The van der Waals surface area contributed by atoms with E-state index in [1.165, 1.54) is 20.4 Å². The van der Waals surface area contributed by atoms with Gasteiger partial charge < -0.3 is 9.47 Å². The molecule has 0 atom stereocenters. The van der Waals surface area contributed by atoms with Gasteiger partial charge in [-0.3, -0.25) is 0 Å². The highest BCUT2D eigenvalue weighted by Crippen LogP contribution is 2.24. The molecule has 0 radical (unpaired) electrons. The van der Waals surface area contributed by atoms with E-state index < -0.39 is 14.2 Å². The summed E-state index contributed by atoms with van der Waals surface area (Å²) in [5, 5.41) is -0.517. The summed E-state index contributed by atoms with van der Waals surface area (Å²) in [4.78, 5) is 7.05. The Balaban J connectivity index is 3.28. The van der Waals surface area contributed by atoms with Gasteiger partial charge >= 0.3 is 0 Å². The quantitative estimate of drug-likeness (QED) is 0.561. The average Bonchev–Trinajstić information content (AvgIpc) is 2.15. The maximum absolute atomic E-state index is 10.8. The monoisotopic (exact) mass is 238 g/mol. The second-order valence-corrected chi connectivity index (χ2v) is 4.63. The summed E-state index contributed by atoms with van der Waals surface area (Å²) in [5.74, 6) is 0.248. The standard InChI is InChI=1S/C6H7ClN2O4S/c1-12-4-3-8-6(14(7,10)11)9-5(4)13-2/h3H,1-2H3. The molecule has 1 rings (SSSR count). The van der Waals surface area contributed by atoms with Crippen LogP contribution in [0.15, 0.2) is 11.4 Å². The van der Waals surface area contributed by atoms with Crippen molar-refractivity contribution >= 4 is 19.7 Å². The number of hydrogen-bond acceptors (Lipinski definition) is 6. The molecule has 0 spiro atoms. The van der Waals surface area contributed by atoms with E-state index in [2.05, 4.69) is 9.97 Å². The molecule has 0 unspecified atom stereocenters. The number of rotatable bonds is 3. The number of aromatic nitrogens is 2. The molecular formula is C6H7ClN2O4S. The van der Waals surface area contributed by atoms with E-state index in [9.17, 15) is 8.42 Å². The number of methoxy groups -OCH3 is 2. The Kier molecular flexibility index (Phi) is 3.12. The molecule has 0 amide bonds. The summed E-state index contributed by atoms with van der Waals surface area (Å²) < 4.78 is 31.3. The van der Waals surface area contributed by atoms with Crippen LogP contribution in [0.1, 0.15) is 0 Å². The van der Waals surface area contributed by atoms with E-state index in [0.717, 1.165) is 0 Å². The second kappa shape index (κ2) is 3.97. The molecule has 0 aromatic carbocycles. The minimum Gasteiger partial charge on any atom is -0.490 e. The van der Waals surface area contributed by atoms with Gasteiger partial charge in [-0.2, -0.15) is 4.98 Å². The fourth-order valence-electron chi connectivity index (χ4n) is 0.744. The molecule has 6 nitrogen and oxygen atoms in total. The molecule has 1 aromatic rings. The van der Waals surface area contributed by atoms with Crippen molar-refractivity contribution in [1.29, 1.82) is 0 Å². The summed E-state index contributed by atoms with van der Waals surface area (Å²) in [7, 11) is 3.80. The van der Waals surface area contributed by atoms with Gasteiger partial charge in [-0.15, -0.1) is 0 Å². The van der Waals surface area contributed by atoms with Crippen LogP contribution in [0.4, 0.5) is 0 Å². The Labute approximate surface area is 85.3 Å². The summed E-state index contributed by atoms with van der Waals surface area (Å²) in [6, 6.07) is 0. The van der Waals surface area contributed by atoms with Gasteiger partial charge in [0.1, 0.15) is 0 Å². The minimum absolute atomic E-state index is 0.0155. The molecule has 14 heavy (non-hydrogen) atoms. The van der Waals surface area contributed by atoms with Crippen LogP contribution in [0, 0.1) is 0 Å². The van der Waals surface area contributed by atoms with E-state index in [4.69, 9.17) is 20.2 Å². The van der Waals surface area contributed by atoms with Crippen LogP contribution in [-0.2, 0) is 9.05 Å². The van der Waals surface area contributed by atoms with E-state index in [1.54, 1.807) is 0 Å². The third kappa shape index (κ3) is 2.24. The molecule has 0 bridgehead atoms. The first-order valence-electron chi connectivity index (χ1n) is 3.38. The highest BCUT2D eigenvalue weighted by Gasteiger charge is 2.17. The lowest BCUT2D eigenvalue weighted by Gasteiger charge is -2.05. The first-order chi connectivity index (χ1) is 6.49. The maximum Gasteiger partial charge on any atom is 0.296 e. The normalized spacial score (nSPS) is 11.1. The Morgan fingerprint density at radius 1 is 1.36 bits per heavy atom. The zero-order chi connectivity index (χ0) is 10.8. The van der Waals surface area contributed by atoms with Crippen molar-refractivity contribution in [3.8, 4) is 11.6 Å². The number of halogens is 1. The number of hydrogen-bond donors (Lipinski definition) is 0. The van der Waals surface area contributed by atoms with Gasteiger partial charge in [-0.05, 0) is 0 Å². The molecule has 8 heteroatoms. The molecule has 0 aliphatic rings. The topological polar surface area (TPSA) is 78.4 Å². The van der Waals surface area contributed by atoms with E-state index in [1.807, 2.05) is 0 Å². The summed E-state index contributed by atoms with van der Waals surface area (Å²) in [6.45, 7) is 0. The van der Waals surface area contributed by atoms with Crippen molar-refractivity contribution < 1.29 is 17.9 Å². The first kappa shape index (κ1) is 11.0. The van der Waals surface area contributed by atoms with Crippen LogP contribution in [0.2, 0.25) is 0 Å². The second-order valence-electron chi connectivity index (χ2n) is 2.17. The molecule has 0 aliphatic heterocycles. The van der Waals surface area contributed by atoms with E-state index >= 15 is 0 Å². The van der Waals surface area contributed by atoms with Crippen LogP contribution < -0.4 is 9.47 Å². The Morgan fingerprint density at radius 3 is 2.43 bits per heavy atom. The van der Waals surface area contributed by atoms with Crippen molar-refractivity contribution in [1.82, 2.24) is 9.97 Å². The van der Waals surface area contributed by atoms with E-state index in [-0.39, 0.29) is 11.6 Å². The predicted octanol–water partition coefficient (Wildman–Crippen LogP) is 0.421. The third-order valence-electron chi connectivity index (χ3n) is 1.33. The number of ether oxygens (including phenoxy) is 2. The van der Waals surface area contributed by atoms with Crippen LogP contribution in [0.5, 0.6) is 11.6 Å². The maximum atomic E-state index is 10.8. The first-order valence-corrected chi connectivity index (χ1v) is 5.69. The molecule has 78 valence electrons. The van der Waals surface area contributed by atoms with Gasteiger partial charge in [0, 0.05) is 10.7 Å². The fraction of sp³-hybridized carbons (Fsp3) is 0.333. The van der Waals surface area contributed by atoms with Crippen LogP contribution in [-0.4, -0.2) is 32.6 Å². The lowest BCUT2D eigenvalue weighted by Crippen LogP contribution is -2.02. The lowest BCUT2D eigenvalue weighted by atomic mass is 10.6. The highest BCUT2D eigenvalue weighted by atomic mass is 35.7. The Morgan fingerprint density at radius 2 is 2.00 bits per heavy atom. The average molecular weight is 239 g/mol. The largest absolute Gasteiger partial charge is 0.490 e. The molecule has 0 N–H and O–H groups in total. The highest BCUT2D eigenvalue weighted by molar-refractivity contribution is 8.13. The number of nitrogens with zero attached hydrogens (tertiary/aromatic N) is 2. The molecule has 1 heterocycles. The van der Waals surface area contributed by atoms with Crippen LogP contribution >= 0.6 is 10.7 Å². The van der Waals surface area contributed by atoms with Gasteiger partial charge in [0.05, 0.1) is 20.4 Å². The van der Waals surface area contributed by atoms with Gasteiger partial charge in [0.25, 0.3) is 20.1 Å². The van der Waals surface area contributed by atoms with Crippen molar-refractivity contribution in [3.63, 3.8) is 0 Å². The van der Waals surface area contributed by atoms with Crippen molar-refractivity contribution in [2.24, 2.45) is 0 Å². The fourth-order valence-corrected chi connectivity index (χ4v) is 1.34. The predicted molar refractivity (Wildman–Crippen MR) is 48.2 cm³/mol. The van der Waals surface area contributed by atoms with E-state index in [0.29, 0.717) is 0 Å². The summed E-state index contributed by atoms with van der Waals surface area (Å²) in [5.41, 5.74) is 0. The molecule has 0 saturated heterocycles. The van der Waals surface area contributed by atoms with Crippen LogP contribution in [0.25, 0.3) is 0 Å². The molecule has 0 fully saturated rings.